The highest BCUT2D eigenvalue weighted by Crippen LogP contribution is 2.51. The van der Waals surface area contributed by atoms with Crippen molar-refractivity contribution in [3.8, 4) is 11.5 Å². The van der Waals surface area contributed by atoms with E-state index in [2.05, 4.69) is 23.9 Å². The third-order valence-electron chi connectivity index (χ3n) is 9.95. The molecule has 5 aromatic rings. The summed E-state index contributed by atoms with van der Waals surface area (Å²) in [6.07, 6.45) is 3.73. The van der Waals surface area contributed by atoms with Crippen LogP contribution in [0, 0.1) is 12.7 Å². The van der Waals surface area contributed by atoms with E-state index in [9.17, 15) is 4.79 Å². The molecular formula is C36H35Cl2FN6O5. The molecule has 2 aromatic heterocycles. The molecule has 1 unspecified atom stereocenters. The Balaban J connectivity index is 1.08. The average molecular weight is 722 g/mol. The standard InChI is InChI=1S/C36H35Cl2FN6O5/c1-21-40-9-10-42(21)11-14-45-28-16-22(35(46)47-3)15-25(38)33(28)41-32(45)18-43-12-13-44(30-20-48-19-29(30)43)27-5-4-6-31-34(27)50-36(2,49-31)24-8-7-23(37)17-26(24)39/h4-10,15-17,29-30H,11-14,18-20H2,1-3H3/t29-,30+,36?/m0/s1. The van der Waals surface area contributed by atoms with Crippen molar-refractivity contribution in [1.82, 2.24) is 24.0 Å². The van der Waals surface area contributed by atoms with Crippen LogP contribution in [0.3, 0.4) is 0 Å². The van der Waals surface area contributed by atoms with Crippen molar-refractivity contribution < 1.29 is 28.1 Å². The molecule has 0 amide bonds. The van der Waals surface area contributed by atoms with Crippen molar-refractivity contribution in [2.24, 2.45) is 0 Å². The normalized spacial score (nSPS) is 21.6. The maximum absolute atomic E-state index is 15.0. The highest BCUT2D eigenvalue weighted by molar-refractivity contribution is 6.35. The molecule has 0 N–H and O–H groups in total. The Morgan fingerprint density at radius 2 is 1.92 bits per heavy atom. The van der Waals surface area contributed by atoms with Gasteiger partial charge in [0.15, 0.2) is 11.5 Å². The van der Waals surface area contributed by atoms with Gasteiger partial charge in [-0.25, -0.2) is 19.2 Å². The second kappa shape index (κ2) is 12.8. The first kappa shape index (κ1) is 32.8. The SMILES string of the molecule is COC(=O)c1cc(Cl)c2nc(CN3CCN(c4cccc5c4OC(C)(c4ccc(Cl)cc4F)O5)[C@@H]4COC[C@@H]43)n(CCn3ccnc3C)c2c1. The Hall–Kier alpha value is -4.36. The molecule has 0 spiro atoms. The zero-order chi connectivity index (χ0) is 34.7. The number of aromatic nitrogens is 4. The monoisotopic (exact) mass is 720 g/mol. The lowest BCUT2D eigenvalue weighted by molar-refractivity contribution is -0.0705. The first-order chi connectivity index (χ1) is 24.1. The zero-order valence-corrected chi connectivity index (χ0v) is 29.2. The number of fused-ring (bicyclic) bond motifs is 3. The molecule has 14 heteroatoms. The molecule has 3 aliphatic heterocycles. The molecule has 2 fully saturated rings. The van der Waals surface area contributed by atoms with E-state index in [4.69, 9.17) is 47.1 Å². The smallest absolute Gasteiger partial charge is 0.337 e. The van der Waals surface area contributed by atoms with E-state index in [-0.39, 0.29) is 17.6 Å². The van der Waals surface area contributed by atoms with Crippen molar-refractivity contribution >= 4 is 45.9 Å². The fraction of sp³-hybridized carbons (Fsp3) is 0.361. The number of aryl methyl sites for hydroxylation is 3. The van der Waals surface area contributed by atoms with E-state index in [1.807, 2.05) is 31.3 Å². The van der Waals surface area contributed by atoms with Gasteiger partial charge in [-0.05, 0) is 49.4 Å². The highest BCUT2D eigenvalue weighted by atomic mass is 35.5. The van der Waals surface area contributed by atoms with Gasteiger partial charge < -0.3 is 33.0 Å². The number of hydrogen-bond acceptors (Lipinski definition) is 9. The van der Waals surface area contributed by atoms with Crippen LogP contribution in [0.1, 0.15) is 34.5 Å². The highest BCUT2D eigenvalue weighted by Gasteiger charge is 2.46. The number of halogens is 3. The summed E-state index contributed by atoms with van der Waals surface area (Å²) >= 11 is 12.8. The lowest BCUT2D eigenvalue weighted by Gasteiger charge is -2.44. The maximum atomic E-state index is 15.0. The number of benzene rings is 3. The Morgan fingerprint density at radius 3 is 2.70 bits per heavy atom. The first-order valence-electron chi connectivity index (χ1n) is 16.4. The second-order valence-corrected chi connectivity index (χ2v) is 13.7. The average Bonchev–Trinajstić information content (AvgIpc) is 3.89. The van der Waals surface area contributed by atoms with Crippen molar-refractivity contribution in [1.29, 1.82) is 0 Å². The van der Waals surface area contributed by atoms with Gasteiger partial charge in [-0.15, -0.1) is 0 Å². The number of anilines is 1. The zero-order valence-electron chi connectivity index (χ0n) is 27.7. The Morgan fingerprint density at radius 1 is 1.08 bits per heavy atom. The van der Waals surface area contributed by atoms with E-state index in [1.54, 1.807) is 37.4 Å². The summed E-state index contributed by atoms with van der Waals surface area (Å²) in [5.74, 6) is 0.533. The van der Waals surface area contributed by atoms with E-state index < -0.39 is 17.6 Å². The predicted molar refractivity (Wildman–Crippen MR) is 186 cm³/mol. The molecule has 0 aliphatic carbocycles. The first-order valence-corrected chi connectivity index (χ1v) is 17.2. The molecular weight excluding hydrogens is 686 g/mol. The molecule has 8 rings (SSSR count). The Kier molecular flexibility index (Phi) is 8.37. The van der Waals surface area contributed by atoms with Crippen LogP contribution in [0.4, 0.5) is 10.1 Å². The van der Waals surface area contributed by atoms with Gasteiger partial charge in [-0.1, -0.05) is 29.3 Å². The molecule has 0 saturated carbocycles. The number of piperazine rings is 1. The molecule has 3 atom stereocenters. The predicted octanol–water partition coefficient (Wildman–Crippen LogP) is 6.21. The number of methoxy groups -OCH3 is 1. The van der Waals surface area contributed by atoms with Crippen LogP contribution in [-0.2, 0) is 34.9 Å². The number of carbonyl (C=O) groups is 1. The van der Waals surface area contributed by atoms with Gasteiger partial charge in [0, 0.05) is 50.5 Å². The van der Waals surface area contributed by atoms with E-state index >= 15 is 4.39 Å². The van der Waals surface area contributed by atoms with E-state index in [0.29, 0.717) is 78.6 Å². The molecule has 11 nitrogen and oxygen atoms in total. The Labute approximate surface area is 298 Å². The van der Waals surface area contributed by atoms with Crippen LogP contribution >= 0.6 is 23.2 Å². The summed E-state index contributed by atoms with van der Waals surface area (Å²) in [5.41, 5.74) is 2.89. The lowest BCUT2D eigenvalue weighted by atomic mass is 10.0. The van der Waals surface area contributed by atoms with Gasteiger partial charge in [-0.3, -0.25) is 4.90 Å². The molecule has 50 heavy (non-hydrogen) atoms. The topological polar surface area (TPSA) is 96.1 Å². The summed E-state index contributed by atoms with van der Waals surface area (Å²) in [4.78, 5) is 26.6. The van der Waals surface area contributed by atoms with Crippen LogP contribution < -0.4 is 14.4 Å². The maximum Gasteiger partial charge on any atom is 0.337 e. The van der Waals surface area contributed by atoms with Crippen LogP contribution in [0.15, 0.2) is 60.9 Å². The van der Waals surface area contributed by atoms with Gasteiger partial charge in [0.1, 0.15) is 23.0 Å². The fourth-order valence-corrected chi connectivity index (χ4v) is 7.83. The minimum Gasteiger partial charge on any atom is -0.465 e. The third-order valence-corrected chi connectivity index (χ3v) is 10.5. The summed E-state index contributed by atoms with van der Waals surface area (Å²) in [6.45, 7) is 7.93. The van der Waals surface area contributed by atoms with Gasteiger partial charge in [0.25, 0.3) is 5.79 Å². The lowest BCUT2D eigenvalue weighted by Crippen LogP contribution is -2.59. The largest absolute Gasteiger partial charge is 0.465 e. The number of imidazole rings is 2. The third kappa shape index (κ3) is 5.64. The van der Waals surface area contributed by atoms with E-state index in [1.165, 1.54) is 13.2 Å². The number of carbonyl (C=O) groups excluding carboxylic acids is 1. The number of esters is 1. The van der Waals surface area contributed by atoms with Crippen molar-refractivity contribution in [3.63, 3.8) is 0 Å². The van der Waals surface area contributed by atoms with Crippen LogP contribution in [0.25, 0.3) is 11.0 Å². The Bertz CT molecular complexity index is 2120. The molecule has 3 aromatic carbocycles. The number of para-hydroxylation sites is 1. The molecule has 0 radical (unpaired) electrons. The minimum absolute atomic E-state index is 0.0129. The fourth-order valence-electron chi connectivity index (χ4n) is 7.41. The second-order valence-electron chi connectivity index (χ2n) is 12.9. The molecule has 2 saturated heterocycles. The molecule has 0 bridgehead atoms. The van der Waals surface area contributed by atoms with Gasteiger partial charge in [-0.2, -0.15) is 0 Å². The summed E-state index contributed by atoms with van der Waals surface area (Å²) in [6, 6.07) is 13.7. The minimum atomic E-state index is -1.36. The molecule has 3 aliphatic rings. The number of hydrogen-bond donors (Lipinski definition) is 0. The number of nitrogens with zero attached hydrogens (tertiary/aromatic N) is 6. The quantitative estimate of drug-likeness (QED) is 0.174. The number of ether oxygens (including phenoxy) is 4. The van der Waals surface area contributed by atoms with Gasteiger partial charge >= 0.3 is 5.97 Å². The van der Waals surface area contributed by atoms with Crippen molar-refractivity contribution in [2.75, 3.05) is 38.3 Å². The van der Waals surface area contributed by atoms with Crippen LogP contribution in [0.5, 0.6) is 11.5 Å². The molecule has 5 heterocycles. The summed E-state index contributed by atoms with van der Waals surface area (Å²) in [5, 5.41) is 0.688. The van der Waals surface area contributed by atoms with Crippen LogP contribution in [0.2, 0.25) is 10.0 Å². The van der Waals surface area contributed by atoms with Gasteiger partial charge in [0.2, 0.25) is 0 Å². The molecule has 260 valence electrons. The number of rotatable bonds is 8. The van der Waals surface area contributed by atoms with Gasteiger partial charge in [0.05, 0.1) is 66.3 Å². The van der Waals surface area contributed by atoms with Crippen molar-refractivity contribution in [3.05, 3.63) is 99.6 Å². The van der Waals surface area contributed by atoms with Crippen molar-refractivity contribution in [2.45, 2.75) is 51.4 Å². The van der Waals surface area contributed by atoms with Crippen LogP contribution in [-0.4, -0.2) is 75.5 Å². The van der Waals surface area contributed by atoms with E-state index in [0.717, 1.165) is 22.9 Å². The summed E-state index contributed by atoms with van der Waals surface area (Å²) in [7, 11) is 1.35. The summed E-state index contributed by atoms with van der Waals surface area (Å²) < 4.78 is 43.1.